The number of carbonyl (C=O) groups is 2. The Bertz CT molecular complexity index is 576. The molecule has 1 unspecified atom stereocenters. The monoisotopic (exact) mass is 298 g/mol. The summed E-state index contributed by atoms with van der Waals surface area (Å²) in [4.78, 5) is 32.9. The third-order valence-electron chi connectivity index (χ3n) is 3.12. The number of hydrogen-bond acceptors (Lipinski definition) is 4. The van der Waals surface area contributed by atoms with Crippen LogP contribution in [0.3, 0.4) is 0 Å². The predicted octanol–water partition coefficient (Wildman–Crippen LogP) is 1.96. The number of nitro benzene ring substituents is 1. The van der Waals surface area contributed by atoms with E-state index >= 15 is 0 Å². The van der Waals surface area contributed by atoms with Gasteiger partial charge in [0.1, 0.15) is 11.9 Å². The van der Waals surface area contributed by atoms with Crippen LogP contribution in [0.2, 0.25) is 0 Å². The van der Waals surface area contributed by atoms with Gasteiger partial charge in [-0.2, -0.15) is 0 Å². The first-order valence-electron chi connectivity index (χ1n) is 6.25. The summed E-state index contributed by atoms with van der Waals surface area (Å²) in [5, 5.41) is 21.9. The Morgan fingerprint density at radius 1 is 1.43 bits per heavy atom. The van der Waals surface area contributed by atoms with Crippen LogP contribution in [0.25, 0.3) is 0 Å². The van der Waals surface area contributed by atoms with E-state index in [-0.39, 0.29) is 11.5 Å². The normalized spacial score (nSPS) is 13.3. The smallest absolute Gasteiger partial charge is 0.326 e. The minimum Gasteiger partial charge on any atom is -0.480 e. The van der Waals surface area contributed by atoms with Gasteiger partial charge in [0.05, 0.1) is 11.0 Å². The highest BCUT2D eigenvalue weighted by molar-refractivity contribution is 5.97. The molecular formula is C13H15FN2O5. The first-order chi connectivity index (χ1) is 9.76. The van der Waals surface area contributed by atoms with E-state index in [2.05, 4.69) is 5.32 Å². The van der Waals surface area contributed by atoms with Crippen LogP contribution in [0.15, 0.2) is 18.2 Å². The van der Waals surface area contributed by atoms with Crippen LogP contribution in [0.1, 0.15) is 30.6 Å². The highest BCUT2D eigenvalue weighted by Crippen LogP contribution is 2.17. The lowest BCUT2D eigenvalue weighted by molar-refractivity contribution is -0.385. The van der Waals surface area contributed by atoms with Gasteiger partial charge in [-0.3, -0.25) is 14.9 Å². The Labute approximate surface area is 119 Å². The van der Waals surface area contributed by atoms with Gasteiger partial charge in [0.15, 0.2) is 0 Å². The van der Waals surface area contributed by atoms with E-state index in [1.807, 2.05) is 0 Å². The number of halogens is 1. The van der Waals surface area contributed by atoms with Crippen LogP contribution >= 0.6 is 0 Å². The molecule has 7 nitrogen and oxygen atoms in total. The lowest BCUT2D eigenvalue weighted by atomic mass is 9.99. The summed E-state index contributed by atoms with van der Waals surface area (Å²) >= 11 is 0. The third-order valence-corrected chi connectivity index (χ3v) is 3.12. The predicted molar refractivity (Wildman–Crippen MR) is 71.4 cm³/mol. The molecule has 0 bridgehead atoms. The van der Waals surface area contributed by atoms with Crippen molar-refractivity contribution in [1.82, 2.24) is 5.32 Å². The Hall–Kier alpha value is -2.51. The van der Waals surface area contributed by atoms with Crippen molar-refractivity contribution in [3.63, 3.8) is 0 Å². The highest BCUT2D eigenvalue weighted by Gasteiger charge is 2.26. The molecule has 0 fully saturated rings. The number of carboxylic acid groups (broad SMARTS) is 1. The second-order valence-corrected chi connectivity index (χ2v) is 4.63. The Morgan fingerprint density at radius 2 is 2.05 bits per heavy atom. The van der Waals surface area contributed by atoms with Crippen molar-refractivity contribution in [1.29, 1.82) is 0 Å². The van der Waals surface area contributed by atoms with E-state index in [1.165, 1.54) is 0 Å². The number of non-ortho nitro benzene ring substituents is 1. The van der Waals surface area contributed by atoms with E-state index in [0.717, 1.165) is 12.1 Å². The second kappa shape index (κ2) is 6.78. The third kappa shape index (κ3) is 4.23. The molecule has 8 heteroatoms. The van der Waals surface area contributed by atoms with Crippen molar-refractivity contribution in [3.8, 4) is 0 Å². The van der Waals surface area contributed by atoms with Crippen molar-refractivity contribution in [2.45, 2.75) is 26.3 Å². The van der Waals surface area contributed by atoms with E-state index < -0.39 is 34.3 Å². The van der Waals surface area contributed by atoms with Crippen LogP contribution in [0.4, 0.5) is 10.1 Å². The first-order valence-corrected chi connectivity index (χ1v) is 6.25. The summed E-state index contributed by atoms with van der Waals surface area (Å²) in [7, 11) is 0. The Balaban J connectivity index is 3.03. The maximum absolute atomic E-state index is 13.3. The molecule has 0 aliphatic rings. The maximum atomic E-state index is 13.3. The lowest BCUT2D eigenvalue weighted by Crippen LogP contribution is -2.45. The second-order valence-electron chi connectivity index (χ2n) is 4.63. The average Bonchev–Trinajstić information content (AvgIpc) is 2.42. The molecule has 0 saturated carbocycles. The highest BCUT2D eigenvalue weighted by atomic mass is 19.1. The number of hydrogen-bond donors (Lipinski definition) is 2. The Morgan fingerprint density at radius 3 is 2.52 bits per heavy atom. The average molecular weight is 298 g/mol. The molecular weight excluding hydrogens is 283 g/mol. The van der Waals surface area contributed by atoms with Gasteiger partial charge in [-0.1, -0.05) is 20.3 Å². The molecule has 0 heterocycles. The minimum atomic E-state index is -1.22. The summed E-state index contributed by atoms with van der Waals surface area (Å²) in [5.41, 5.74) is -0.869. The fraction of sp³-hybridized carbons (Fsp3) is 0.385. The quantitative estimate of drug-likeness (QED) is 0.616. The number of benzene rings is 1. The van der Waals surface area contributed by atoms with Gasteiger partial charge in [-0.15, -0.1) is 0 Å². The van der Waals surface area contributed by atoms with Gasteiger partial charge in [0.2, 0.25) is 0 Å². The van der Waals surface area contributed by atoms with E-state index in [0.29, 0.717) is 12.5 Å². The number of nitrogens with zero attached hydrogens (tertiary/aromatic N) is 1. The van der Waals surface area contributed by atoms with E-state index in [1.54, 1.807) is 13.8 Å². The summed E-state index contributed by atoms with van der Waals surface area (Å²) in [6.45, 7) is 3.41. The topological polar surface area (TPSA) is 110 Å². The molecule has 0 aliphatic carbocycles. The van der Waals surface area contributed by atoms with Gasteiger partial charge in [0.25, 0.3) is 11.6 Å². The molecule has 1 rings (SSSR count). The van der Waals surface area contributed by atoms with Gasteiger partial charge in [-0.25, -0.2) is 9.18 Å². The van der Waals surface area contributed by atoms with Crippen LogP contribution in [0.5, 0.6) is 0 Å². The maximum Gasteiger partial charge on any atom is 0.326 e. The van der Waals surface area contributed by atoms with Crippen LogP contribution in [0, 0.1) is 21.8 Å². The molecule has 0 aromatic heterocycles. The molecule has 1 aromatic carbocycles. The largest absolute Gasteiger partial charge is 0.480 e. The van der Waals surface area contributed by atoms with Gasteiger partial charge >= 0.3 is 5.97 Å². The molecule has 0 aliphatic heterocycles. The SMILES string of the molecule is CCC(C)[C@H](NC(=O)c1cc(F)cc([N+](=O)[O-])c1)C(=O)O. The Kier molecular flexibility index (Phi) is 5.34. The molecule has 2 N–H and O–H groups in total. The summed E-state index contributed by atoms with van der Waals surface area (Å²) in [6, 6.07) is 1.25. The van der Waals surface area contributed by atoms with Gasteiger partial charge in [-0.05, 0) is 12.0 Å². The molecule has 1 amide bonds. The molecule has 0 radical (unpaired) electrons. The molecule has 1 aromatic rings. The van der Waals surface area contributed by atoms with E-state index in [4.69, 9.17) is 5.11 Å². The number of nitrogens with one attached hydrogen (secondary N) is 1. The number of carbonyl (C=O) groups excluding carboxylic acids is 1. The van der Waals surface area contributed by atoms with Crippen LogP contribution in [-0.4, -0.2) is 27.9 Å². The number of aliphatic carboxylic acids is 1. The zero-order valence-corrected chi connectivity index (χ0v) is 11.5. The summed E-state index contributed by atoms with van der Waals surface area (Å²) < 4.78 is 13.3. The van der Waals surface area contributed by atoms with Crippen molar-refractivity contribution < 1.29 is 24.0 Å². The van der Waals surface area contributed by atoms with Gasteiger partial charge < -0.3 is 10.4 Å². The fourth-order valence-electron chi connectivity index (χ4n) is 1.72. The minimum absolute atomic E-state index is 0.295. The van der Waals surface area contributed by atoms with Crippen LogP contribution in [-0.2, 0) is 4.79 Å². The zero-order valence-electron chi connectivity index (χ0n) is 11.5. The zero-order chi connectivity index (χ0) is 16.2. The van der Waals surface area contributed by atoms with Crippen molar-refractivity contribution in [2.24, 2.45) is 5.92 Å². The van der Waals surface area contributed by atoms with Crippen molar-refractivity contribution in [3.05, 3.63) is 39.7 Å². The molecule has 0 spiro atoms. The summed E-state index contributed by atoms with van der Waals surface area (Å²) in [6.07, 6.45) is 0.514. The fourth-order valence-corrected chi connectivity index (χ4v) is 1.72. The standard InChI is InChI=1S/C13H15FN2O5/c1-3-7(2)11(13(18)19)15-12(17)8-4-9(14)6-10(5-8)16(20)21/h4-7,11H,3H2,1-2H3,(H,15,17)(H,18,19)/t7?,11-/m0/s1. The number of nitro groups is 1. The molecule has 2 atom stereocenters. The molecule has 21 heavy (non-hydrogen) atoms. The number of amides is 1. The number of rotatable bonds is 6. The van der Waals surface area contributed by atoms with Gasteiger partial charge in [0, 0.05) is 11.6 Å². The van der Waals surface area contributed by atoms with Crippen LogP contribution < -0.4 is 5.32 Å². The number of carboxylic acids is 1. The van der Waals surface area contributed by atoms with E-state index in [9.17, 15) is 24.1 Å². The lowest BCUT2D eigenvalue weighted by Gasteiger charge is -2.20. The molecule has 0 saturated heterocycles. The first kappa shape index (κ1) is 16.5. The summed E-state index contributed by atoms with van der Waals surface area (Å²) in [5.74, 6) is -3.37. The van der Waals surface area contributed by atoms with Crippen molar-refractivity contribution >= 4 is 17.6 Å². The molecule has 114 valence electrons. The van der Waals surface area contributed by atoms with Crippen molar-refractivity contribution in [2.75, 3.05) is 0 Å².